The summed E-state index contributed by atoms with van der Waals surface area (Å²) in [5.74, 6) is 0.321. The summed E-state index contributed by atoms with van der Waals surface area (Å²) in [6.07, 6.45) is 0. The molecule has 7 heteroatoms. The number of rotatable bonds is 5. The Kier molecular flexibility index (Phi) is 4.94. The summed E-state index contributed by atoms with van der Waals surface area (Å²) >= 11 is 0. The maximum absolute atomic E-state index is 12.1. The first-order valence-corrected chi connectivity index (χ1v) is 7.70. The van der Waals surface area contributed by atoms with Crippen molar-refractivity contribution in [3.05, 3.63) is 59.7 Å². The van der Waals surface area contributed by atoms with Crippen LogP contribution < -0.4 is 20.2 Å². The molecule has 0 saturated heterocycles. The highest BCUT2D eigenvalue weighted by Crippen LogP contribution is 2.32. The Morgan fingerprint density at radius 1 is 1.04 bits per heavy atom. The van der Waals surface area contributed by atoms with Crippen LogP contribution in [0, 0.1) is 0 Å². The second kappa shape index (κ2) is 7.48. The summed E-state index contributed by atoms with van der Waals surface area (Å²) in [6, 6.07) is 14.3. The number of hydrazone groups is 1. The van der Waals surface area contributed by atoms with Gasteiger partial charge in [0.1, 0.15) is 0 Å². The standard InChI is InChI=1S/C18H17N3O4/c1-12(13-5-3-2-4-6-13)20-21-17(22)10-19-18(23)14-7-8-15-16(9-14)25-11-24-15/h2-9H,10-11H2,1H3,(H,19,23)(H,21,22)/b20-12-. The molecule has 0 spiro atoms. The summed E-state index contributed by atoms with van der Waals surface area (Å²) in [5, 5.41) is 6.56. The normalized spacial score (nSPS) is 12.6. The van der Waals surface area contributed by atoms with Gasteiger partial charge in [0.2, 0.25) is 6.79 Å². The third-order valence-electron chi connectivity index (χ3n) is 3.58. The van der Waals surface area contributed by atoms with Gasteiger partial charge < -0.3 is 14.8 Å². The van der Waals surface area contributed by atoms with Crippen molar-refractivity contribution in [1.82, 2.24) is 10.7 Å². The van der Waals surface area contributed by atoms with Crippen molar-refractivity contribution in [2.75, 3.05) is 13.3 Å². The number of ether oxygens (including phenoxy) is 2. The van der Waals surface area contributed by atoms with Gasteiger partial charge in [-0.25, -0.2) is 5.43 Å². The lowest BCUT2D eigenvalue weighted by Crippen LogP contribution is -2.35. The minimum atomic E-state index is -0.413. The Balaban J connectivity index is 1.51. The molecule has 2 N–H and O–H groups in total. The van der Waals surface area contributed by atoms with E-state index in [4.69, 9.17) is 9.47 Å². The molecule has 0 radical (unpaired) electrons. The minimum absolute atomic E-state index is 0.140. The van der Waals surface area contributed by atoms with Gasteiger partial charge in [0.25, 0.3) is 11.8 Å². The lowest BCUT2D eigenvalue weighted by molar-refractivity contribution is -0.120. The van der Waals surface area contributed by atoms with Crippen LogP contribution in [0.25, 0.3) is 0 Å². The number of nitrogens with zero attached hydrogens (tertiary/aromatic N) is 1. The van der Waals surface area contributed by atoms with Gasteiger partial charge in [-0.15, -0.1) is 0 Å². The van der Waals surface area contributed by atoms with Crippen LogP contribution >= 0.6 is 0 Å². The van der Waals surface area contributed by atoms with Gasteiger partial charge in [0.15, 0.2) is 11.5 Å². The van der Waals surface area contributed by atoms with E-state index in [9.17, 15) is 9.59 Å². The second-order valence-corrected chi connectivity index (χ2v) is 5.35. The van der Waals surface area contributed by atoms with Crippen LogP contribution in [0.4, 0.5) is 0 Å². The van der Waals surface area contributed by atoms with E-state index in [-0.39, 0.29) is 19.2 Å². The SMILES string of the molecule is C/C(=N/NC(=O)CNC(=O)c1ccc2c(c1)OCO2)c1ccccc1. The number of hydrogen-bond donors (Lipinski definition) is 2. The van der Waals surface area contributed by atoms with Crippen LogP contribution in [0.5, 0.6) is 11.5 Å². The predicted molar refractivity (Wildman–Crippen MR) is 91.7 cm³/mol. The average molecular weight is 339 g/mol. The molecule has 1 aliphatic rings. The van der Waals surface area contributed by atoms with Gasteiger partial charge >= 0.3 is 0 Å². The fourth-order valence-electron chi connectivity index (χ4n) is 2.23. The Morgan fingerprint density at radius 3 is 2.60 bits per heavy atom. The summed E-state index contributed by atoms with van der Waals surface area (Å²) in [7, 11) is 0. The number of fused-ring (bicyclic) bond motifs is 1. The smallest absolute Gasteiger partial charge is 0.259 e. The van der Waals surface area contributed by atoms with E-state index in [1.165, 1.54) is 0 Å². The van der Waals surface area contributed by atoms with E-state index < -0.39 is 5.91 Å². The zero-order valence-corrected chi connectivity index (χ0v) is 13.6. The molecular weight excluding hydrogens is 322 g/mol. The Labute approximate surface area is 144 Å². The average Bonchev–Trinajstić information content (AvgIpc) is 3.12. The minimum Gasteiger partial charge on any atom is -0.454 e. The van der Waals surface area contributed by atoms with Crippen LogP contribution in [-0.4, -0.2) is 30.9 Å². The van der Waals surface area contributed by atoms with Crippen molar-refractivity contribution in [2.45, 2.75) is 6.92 Å². The zero-order chi connectivity index (χ0) is 17.6. The summed E-state index contributed by atoms with van der Waals surface area (Å²) in [6.45, 7) is 1.75. The quantitative estimate of drug-likeness (QED) is 0.641. The lowest BCUT2D eigenvalue weighted by Gasteiger charge is -2.06. The molecule has 0 aliphatic carbocycles. The first-order chi connectivity index (χ1) is 12.1. The summed E-state index contributed by atoms with van der Waals surface area (Å²) < 4.78 is 10.4. The van der Waals surface area contributed by atoms with E-state index in [2.05, 4.69) is 15.8 Å². The molecule has 0 saturated carbocycles. The fraction of sp³-hybridized carbons (Fsp3) is 0.167. The topological polar surface area (TPSA) is 89.0 Å². The number of hydrogen-bond acceptors (Lipinski definition) is 5. The Bertz CT molecular complexity index is 818. The fourth-order valence-corrected chi connectivity index (χ4v) is 2.23. The van der Waals surface area contributed by atoms with Crippen molar-refractivity contribution in [1.29, 1.82) is 0 Å². The molecule has 128 valence electrons. The van der Waals surface area contributed by atoms with E-state index >= 15 is 0 Å². The molecule has 0 unspecified atom stereocenters. The number of carbonyl (C=O) groups is 2. The number of nitrogens with one attached hydrogen (secondary N) is 2. The van der Waals surface area contributed by atoms with Crippen molar-refractivity contribution >= 4 is 17.5 Å². The molecule has 2 aromatic rings. The largest absolute Gasteiger partial charge is 0.454 e. The lowest BCUT2D eigenvalue weighted by atomic mass is 10.1. The maximum Gasteiger partial charge on any atom is 0.259 e. The Hall–Kier alpha value is -3.35. The second-order valence-electron chi connectivity index (χ2n) is 5.35. The van der Waals surface area contributed by atoms with Gasteiger partial charge in [0, 0.05) is 5.56 Å². The zero-order valence-electron chi connectivity index (χ0n) is 13.6. The van der Waals surface area contributed by atoms with Crippen molar-refractivity contribution in [3.8, 4) is 11.5 Å². The molecular formula is C18H17N3O4. The number of carbonyl (C=O) groups excluding carboxylic acids is 2. The van der Waals surface area contributed by atoms with E-state index in [0.29, 0.717) is 22.8 Å². The van der Waals surface area contributed by atoms with Crippen LogP contribution in [0.1, 0.15) is 22.8 Å². The van der Waals surface area contributed by atoms with Crippen molar-refractivity contribution in [2.24, 2.45) is 5.10 Å². The molecule has 2 amide bonds. The van der Waals surface area contributed by atoms with Crippen molar-refractivity contribution in [3.63, 3.8) is 0 Å². The van der Waals surface area contributed by atoms with E-state index in [1.54, 1.807) is 25.1 Å². The van der Waals surface area contributed by atoms with Gasteiger partial charge in [-0.2, -0.15) is 5.10 Å². The highest BCUT2D eigenvalue weighted by atomic mass is 16.7. The molecule has 1 aliphatic heterocycles. The third kappa shape index (κ3) is 4.14. The molecule has 3 rings (SSSR count). The molecule has 1 heterocycles. The Morgan fingerprint density at radius 2 is 1.80 bits per heavy atom. The third-order valence-corrected chi connectivity index (χ3v) is 3.58. The monoisotopic (exact) mass is 339 g/mol. The van der Waals surface area contributed by atoms with E-state index in [1.807, 2.05) is 30.3 Å². The van der Waals surface area contributed by atoms with Gasteiger partial charge in [-0.1, -0.05) is 30.3 Å². The molecule has 0 atom stereocenters. The summed E-state index contributed by atoms with van der Waals surface area (Å²) in [4.78, 5) is 23.9. The van der Waals surface area contributed by atoms with Crippen molar-refractivity contribution < 1.29 is 19.1 Å². The summed E-state index contributed by atoms with van der Waals surface area (Å²) in [5.41, 5.74) is 4.40. The van der Waals surface area contributed by atoms with Gasteiger partial charge in [0.05, 0.1) is 12.3 Å². The number of benzene rings is 2. The first kappa shape index (κ1) is 16.5. The molecule has 0 fully saturated rings. The molecule has 25 heavy (non-hydrogen) atoms. The maximum atomic E-state index is 12.1. The van der Waals surface area contributed by atoms with E-state index in [0.717, 1.165) is 5.56 Å². The van der Waals surface area contributed by atoms with Crippen LogP contribution in [0.15, 0.2) is 53.6 Å². The van der Waals surface area contributed by atoms with Crippen LogP contribution in [-0.2, 0) is 4.79 Å². The molecule has 7 nitrogen and oxygen atoms in total. The molecule has 2 aromatic carbocycles. The molecule has 0 bridgehead atoms. The highest BCUT2D eigenvalue weighted by molar-refractivity contribution is 6.00. The molecule has 0 aromatic heterocycles. The van der Waals surface area contributed by atoms with Gasteiger partial charge in [-0.3, -0.25) is 9.59 Å². The predicted octanol–water partition coefficient (Wildman–Crippen LogP) is 1.69. The van der Waals surface area contributed by atoms with Crippen LogP contribution in [0.3, 0.4) is 0 Å². The number of amides is 2. The van der Waals surface area contributed by atoms with Gasteiger partial charge in [-0.05, 0) is 30.7 Å². The van der Waals surface area contributed by atoms with Crippen LogP contribution in [0.2, 0.25) is 0 Å². The highest BCUT2D eigenvalue weighted by Gasteiger charge is 2.16. The first-order valence-electron chi connectivity index (χ1n) is 7.70.